The zero-order valence-corrected chi connectivity index (χ0v) is 9.54. The van der Waals surface area contributed by atoms with Crippen LogP contribution in [0.25, 0.3) is 0 Å². The van der Waals surface area contributed by atoms with E-state index >= 15 is 0 Å². The molecule has 0 spiro atoms. The number of cyclic esters (lactones) is 1. The van der Waals surface area contributed by atoms with Crippen molar-refractivity contribution in [2.24, 2.45) is 0 Å². The largest absolute Gasteiger partial charge is 0.461 e. The van der Waals surface area contributed by atoms with Crippen LogP contribution in [-0.4, -0.2) is 35.9 Å². The second-order valence-electron chi connectivity index (χ2n) is 3.88. The van der Waals surface area contributed by atoms with Crippen LogP contribution in [0.4, 0.5) is 4.79 Å². The Bertz CT molecular complexity index is 433. The lowest BCUT2D eigenvalue weighted by atomic mass is 10.2. The number of nitrogens with one attached hydrogen (secondary N) is 1. The van der Waals surface area contributed by atoms with Crippen molar-refractivity contribution in [3.05, 3.63) is 35.9 Å². The Balaban J connectivity index is 1.80. The molecule has 1 fully saturated rings. The Hall–Kier alpha value is -2.08. The number of esters is 1. The number of alkyl carbamates (subject to hydrolysis) is 1. The third-order valence-corrected chi connectivity index (χ3v) is 2.52. The number of carbonyl (C=O) groups excluding carboxylic acids is 2. The van der Waals surface area contributed by atoms with Crippen LogP contribution in [0.1, 0.15) is 5.56 Å². The van der Waals surface area contributed by atoms with Crippen molar-refractivity contribution in [2.45, 2.75) is 18.8 Å². The highest BCUT2D eigenvalue weighted by molar-refractivity contribution is 5.83. The second kappa shape index (κ2) is 5.50. The Morgan fingerprint density at radius 1 is 1.44 bits per heavy atom. The van der Waals surface area contributed by atoms with E-state index in [1.807, 2.05) is 30.3 Å². The van der Waals surface area contributed by atoms with Gasteiger partial charge in [-0.15, -0.1) is 0 Å². The minimum absolute atomic E-state index is 0.102. The summed E-state index contributed by atoms with van der Waals surface area (Å²) in [6.07, 6.45) is -1.79. The molecular weight excluding hydrogens is 238 g/mol. The number of aliphatic hydroxyl groups excluding tert-OH is 1. The molecule has 0 aromatic heterocycles. The van der Waals surface area contributed by atoms with Crippen LogP contribution >= 0.6 is 0 Å². The molecule has 18 heavy (non-hydrogen) atoms. The molecule has 6 heteroatoms. The second-order valence-corrected chi connectivity index (χ2v) is 3.88. The van der Waals surface area contributed by atoms with Gasteiger partial charge in [0.15, 0.2) is 6.04 Å². The van der Waals surface area contributed by atoms with Gasteiger partial charge in [-0.1, -0.05) is 30.3 Å². The Morgan fingerprint density at radius 3 is 2.78 bits per heavy atom. The smallest absolute Gasteiger partial charge is 0.408 e. The van der Waals surface area contributed by atoms with Gasteiger partial charge >= 0.3 is 12.1 Å². The molecule has 0 unspecified atom stereocenters. The highest BCUT2D eigenvalue weighted by Gasteiger charge is 2.37. The van der Waals surface area contributed by atoms with Crippen LogP contribution in [0.15, 0.2) is 30.3 Å². The number of hydrogen-bond donors (Lipinski definition) is 2. The summed E-state index contributed by atoms with van der Waals surface area (Å²) < 4.78 is 9.50. The number of carbonyl (C=O) groups is 2. The molecule has 0 aliphatic carbocycles. The fraction of sp³-hybridized carbons (Fsp3) is 0.333. The monoisotopic (exact) mass is 251 g/mol. The molecule has 1 aromatic carbocycles. The molecule has 1 aliphatic heterocycles. The van der Waals surface area contributed by atoms with Crippen molar-refractivity contribution >= 4 is 12.1 Å². The van der Waals surface area contributed by atoms with Crippen molar-refractivity contribution in [1.82, 2.24) is 5.32 Å². The fourth-order valence-electron chi connectivity index (χ4n) is 1.56. The van der Waals surface area contributed by atoms with Gasteiger partial charge in [-0.3, -0.25) is 0 Å². The van der Waals surface area contributed by atoms with Crippen LogP contribution in [0.2, 0.25) is 0 Å². The summed E-state index contributed by atoms with van der Waals surface area (Å²) >= 11 is 0. The third kappa shape index (κ3) is 2.98. The molecule has 2 atom stereocenters. The Morgan fingerprint density at radius 2 is 2.17 bits per heavy atom. The number of amides is 1. The molecule has 0 saturated carbocycles. The minimum atomic E-state index is -1.05. The van der Waals surface area contributed by atoms with Crippen molar-refractivity contribution in [1.29, 1.82) is 0 Å². The van der Waals surface area contributed by atoms with Gasteiger partial charge in [0.2, 0.25) is 0 Å². The highest BCUT2D eigenvalue weighted by atomic mass is 16.6. The quantitative estimate of drug-likeness (QED) is 0.749. The molecule has 2 rings (SSSR count). The summed E-state index contributed by atoms with van der Waals surface area (Å²) in [4.78, 5) is 22.6. The van der Waals surface area contributed by atoms with Gasteiger partial charge in [0.25, 0.3) is 0 Å². The van der Waals surface area contributed by atoms with E-state index in [0.717, 1.165) is 5.56 Å². The van der Waals surface area contributed by atoms with Crippen molar-refractivity contribution in [3.8, 4) is 0 Å². The molecule has 6 nitrogen and oxygen atoms in total. The first-order valence-corrected chi connectivity index (χ1v) is 5.49. The highest BCUT2D eigenvalue weighted by Crippen LogP contribution is 2.08. The maximum absolute atomic E-state index is 11.4. The third-order valence-electron chi connectivity index (χ3n) is 2.52. The molecule has 96 valence electrons. The SMILES string of the molecule is O=C(N[C@@H]1C(=O)OC[C@H]1O)OCc1ccccc1. The first kappa shape index (κ1) is 12.4. The van der Waals surface area contributed by atoms with E-state index in [9.17, 15) is 14.7 Å². The van der Waals surface area contributed by atoms with E-state index < -0.39 is 24.2 Å². The predicted octanol–water partition coefficient (Wildman–Crippen LogP) is 0.199. The first-order valence-electron chi connectivity index (χ1n) is 5.49. The van der Waals surface area contributed by atoms with E-state index in [0.29, 0.717) is 0 Å². The zero-order valence-electron chi connectivity index (χ0n) is 9.54. The van der Waals surface area contributed by atoms with Crippen LogP contribution in [0.5, 0.6) is 0 Å². The summed E-state index contributed by atoms with van der Waals surface area (Å²) in [5, 5.41) is 11.6. The first-order chi connectivity index (χ1) is 8.66. The van der Waals surface area contributed by atoms with E-state index in [-0.39, 0.29) is 13.2 Å². The molecular formula is C12H13NO5. The average Bonchev–Trinajstić information content (AvgIpc) is 2.69. The number of benzene rings is 1. The number of hydrogen-bond acceptors (Lipinski definition) is 5. The standard InChI is InChI=1S/C12H13NO5/c14-9-7-17-11(15)10(9)13-12(16)18-6-8-4-2-1-3-5-8/h1-5,9-10,14H,6-7H2,(H,13,16)/t9-,10+/m1/s1. The summed E-state index contributed by atoms with van der Waals surface area (Å²) in [5.74, 6) is -0.654. The molecule has 1 heterocycles. The van der Waals surface area contributed by atoms with E-state index in [1.165, 1.54) is 0 Å². The van der Waals surface area contributed by atoms with Gasteiger partial charge in [0.05, 0.1) is 0 Å². The minimum Gasteiger partial charge on any atom is -0.461 e. The molecule has 0 radical (unpaired) electrons. The van der Waals surface area contributed by atoms with E-state index in [1.54, 1.807) is 0 Å². The van der Waals surface area contributed by atoms with Crippen LogP contribution in [0, 0.1) is 0 Å². The number of aliphatic hydroxyl groups is 1. The Labute approximate surface area is 104 Å². The zero-order chi connectivity index (χ0) is 13.0. The molecule has 1 aromatic rings. The lowest BCUT2D eigenvalue weighted by Crippen LogP contribution is -2.45. The van der Waals surface area contributed by atoms with Crippen LogP contribution in [-0.2, 0) is 20.9 Å². The van der Waals surface area contributed by atoms with Crippen molar-refractivity contribution in [2.75, 3.05) is 6.61 Å². The number of ether oxygens (including phenoxy) is 2. The van der Waals surface area contributed by atoms with Gasteiger partial charge in [0, 0.05) is 0 Å². The van der Waals surface area contributed by atoms with Gasteiger partial charge in [-0.25, -0.2) is 9.59 Å². The molecule has 2 N–H and O–H groups in total. The van der Waals surface area contributed by atoms with Crippen LogP contribution in [0.3, 0.4) is 0 Å². The lowest BCUT2D eigenvalue weighted by molar-refractivity contribution is -0.139. The van der Waals surface area contributed by atoms with Crippen molar-refractivity contribution in [3.63, 3.8) is 0 Å². The topological polar surface area (TPSA) is 84.9 Å². The van der Waals surface area contributed by atoms with E-state index in [4.69, 9.17) is 4.74 Å². The molecule has 1 amide bonds. The molecule has 0 bridgehead atoms. The average molecular weight is 251 g/mol. The van der Waals surface area contributed by atoms with Gasteiger partial charge in [0.1, 0.15) is 19.3 Å². The van der Waals surface area contributed by atoms with Crippen molar-refractivity contribution < 1.29 is 24.2 Å². The molecule has 1 saturated heterocycles. The summed E-state index contributed by atoms with van der Waals surface area (Å²) in [6, 6.07) is 8.09. The maximum atomic E-state index is 11.4. The predicted molar refractivity (Wildman–Crippen MR) is 60.5 cm³/mol. The normalized spacial score (nSPS) is 22.4. The lowest BCUT2D eigenvalue weighted by Gasteiger charge is -2.12. The fourth-order valence-corrected chi connectivity index (χ4v) is 1.56. The number of rotatable bonds is 3. The van der Waals surface area contributed by atoms with Crippen LogP contribution < -0.4 is 5.32 Å². The summed E-state index contributed by atoms with van der Waals surface area (Å²) in [6.45, 7) is -0.00694. The van der Waals surface area contributed by atoms with Gasteiger partial charge < -0.3 is 19.9 Å². The van der Waals surface area contributed by atoms with Gasteiger partial charge in [-0.05, 0) is 5.56 Å². The Kier molecular flexibility index (Phi) is 3.78. The van der Waals surface area contributed by atoms with E-state index in [2.05, 4.69) is 10.1 Å². The van der Waals surface area contributed by atoms with Gasteiger partial charge in [-0.2, -0.15) is 0 Å². The maximum Gasteiger partial charge on any atom is 0.408 e. The summed E-state index contributed by atoms with van der Waals surface area (Å²) in [7, 11) is 0. The molecule has 1 aliphatic rings. The summed E-state index contributed by atoms with van der Waals surface area (Å²) in [5.41, 5.74) is 0.835.